The molecule has 4 nitrogen and oxygen atoms in total. The molecule has 0 fully saturated rings. The molecule has 0 spiro atoms. The lowest BCUT2D eigenvalue weighted by molar-refractivity contribution is 0.606. The molecule has 22 heavy (non-hydrogen) atoms. The molecular weight excluding hydrogens is 272 g/mol. The normalized spacial score (nSPS) is 10.8. The van der Waals surface area contributed by atoms with Crippen LogP contribution >= 0.6 is 0 Å². The SMILES string of the molecule is CCc1ccccc1Nc1cc(C)nc(NCCC(C)C)n1. The maximum absolute atomic E-state index is 4.57. The molecule has 0 aliphatic carbocycles. The van der Waals surface area contributed by atoms with Crippen molar-refractivity contribution in [2.45, 2.75) is 40.5 Å². The quantitative estimate of drug-likeness (QED) is 0.787. The largest absolute Gasteiger partial charge is 0.354 e. The van der Waals surface area contributed by atoms with Crippen molar-refractivity contribution >= 4 is 17.5 Å². The summed E-state index contributed by atoms with van der Waals surface area (Å²) in [4.78, 5) is 9.02. The monoisotopic (exact) mass is 298 g/mol. The van der Waals surface area contributed by atoms with E-state index in [0.717, 1.165) is 36.6 Å². The van der Waals surface area contributed by atoms with Crippen molar-refractivity contribution in [2.24, 2.45) is 5.92 Å². The van der Waals surface area contributed by atoms with E-state index in [1.807, 2.05) is 19.1 Å². The summed E-state index contributed by atoms with van der Waals surface area (Å²) in [6, 6.07) is 10.3. The first kappa shape index (κ1) is 16.3. The van der Waals surface area contributed by atoms with E-state index in [0.29, 0.717) is 11.9 Å². The van der Waals surface area contributed by atoms with Crippen molar-refractivity contribution < 1.29 is 0 Å². The molecule has 0 aliphatic heterocycles. The van der Waals surface area contributed by atoms with Gasteiger partial charge in [0, 0.05) is 24.0 Å². The molecule has 0 bridgehead atoms. The number of para-hydroxylation sites is 1. The zero-order chi connectivity index (χ0) is 15.9. The Morgan fingerprint density at radius 3 is 2.64 bits per heavy atom. The van der Waals surface area contributed by atoms with Crippen LogP contribution in [0.15, 0.2) is 30.3 Å². The summed E-state index contributed by atoms with van der Waals surface area (Å²) in [5, 5.41) is 6.72. The molecule has 4 heteroatoms. The summed E-state index contributed by atoms with van der Waals surface area (Å²) in [6.45, 7) is 9.48. The number of hydrogen-bond acceptors (Lipinski definition) is 4. The molecule has 1 aromatic carbocycles. The summed E-state index contributed by atoms with van der Waals surface area (Å²) < 4.78 is 0. The molecule has 0 aliphatic rings. The van der Waals surface area contributed by atoms with Gasteiger partial charge in [-0.2, -0.15) is 4.98 Å². The predicted molar refractivity (Wildman–Crippen MR) is 93.8 cm³/mol. The van der Waals surface area contributed by atoms with Crippen LogP contribution in [0.3, 0.4) is 0 Å². The van der Waals surface area contributed by atoms with E-state index in [4.69, 9.17) is 0 Å². The van der Waals surface area contributed by atoms with Gasteiger partial charge in [-0.05, 0) is 37.3 Å². The van der Waals surface area contributed by atoms with Gasteiger partial charge in [-0.15, -0.1) is 0 Å². The Kier molecular flexibility index (Phi) is 5.75. The Hall–Kier alpha value is -2.10. The number of nitrogens with one attached hydrogen (secondary N) is 2. The minimum atomic E-state index is 0.673. The van der Waals surface area contributed by atoms with Gasteiger partial charge in [-0.3, -0.25) is 0 Å². The molecule has 2 rings (SSSR count). The van der Waals surface area contributed by atoms with Crippen molar-refractivity contribution in [3.63, 3.8) is 0 Å². The van der Waals surface area contributed by atoms with Gasteiger partial charge in [-0.25, -0.2) is 4.98 Å². The maximum Gasteiger partial charge on any atom is 0.224 e. The van der Waals surface area contributed by atoms with E-state index in [9.17, 15) is 0 Å². The van der Waals surface area contributed by atoms with Crippen LogP contribution in [0.4, 0.5) is 17.5 Å². The van der Waals surface area contributed by atoms with Crippen LogP contribution in [0.1, 0.15) is 38.4 Å². The average molecular weight is 298 g/mol. The highest BCUT2D eigenvalue weighted by molar-refractivity contribution is 5.61. The second-order valence-electron chi connectivity index (χ2n) is 5.96. The lowest BCUT2D eigenvalue weighted by atomic mass is 10.1. The number of aryl methyl sites for hydroxylation is 2. The van der Waals surface area contributed by atoms with Gasteiger partial charge in [0.2, 0.25) is 5.95 Å². The van der Waals surface area contributed by atoms with Gasteiger partial charge in [0.25, 0.3) is 0 Å². The molecule has 0 amide bonds. The zero-order valence-corrected chi connectivity index (χ0v) is 14.0. The van der Waals surface area contributed by atoms with Crippen molar-refractivity contribution in [1.29, 1.82) is 0 Å². The van der Waals surface area contributed by atoms with Crippen molar-refractivity contribution in [1.82, 2.24) is 9.97 Å². The summed E-state index contributed by atoms with van der Waals surface area (Å²) in [5.41, 5.74) is 3.35. The molecule has 118 valence electrons. The summed E-state index contributed by atoms with van der Waals surface area (Å²) in [5.74, 6) is 2.20. The fraction of sp³-hybridized carbons (Fsp3) is 0.444. The topological polar surface area (TPSA) is 49.8 Å². The molecule has 0 saturated carbocycles. The Morgan fingerprint density at radius 1 is 1.14 bits per heavy atom. The van der Waals surface area contributed by atoms with Gasteiger partial charge in [0.05, 0.1) is 0 Å². The first-order valence-electron chi connectivity index (χ1n) is 8.03. The highest BCUT2D eigenvalue weighted by Gasteiger charge is 2.05. The van der Waals surface area contributed by atoms with Gasteiger partial charge < -0.3 is 10.6 Å². The van der Waals surface area contributed by atoms with E-state index in [1.54, 1.807) is 0 Å². The second-order valence-corrected chi connectivity index (χ2v) is 5.96. The van der Waals surface area contributed by atoms with Crippen LogP contribution in [0.2, 0.25) is 0 Å². The molecule has 2 N–H and O–H groups in total. The minimum Gasteiger partial charge on any atom is -0.354 e. The first-order chi connectivity index (χ1) is 10.6. The highest BCUT2D eigenvalue weighted by Crippen LogP contribution is 2.21. The van der Waals surface area contributed by atoms with Crippen LogP contribution in [0.5, 0.6) is 0 Å². The van der Waals surface area contributed by atoms with Gasteiger partial charge in [0.1, 0.15) is 5.82 Å². The van der Waals surface area contributed by atoms with Crippen molar-refractivity contribution in [2.75, 3.05) is 17.2 Å². The summed E-state index contributed by atoms with van der Waals surface area (Å²) in [6.07, 6.45) is 2.10. The fourth-order valence-electron chi connectivity index (χ4n) is 2.27. The van der Waals surface area contributed by atoms with Gasteiger partial charge in [-0.1, -0.05) is 39.0 Å². The van der Waals surface area contributed by atoms with Gasteiger partial charge >= 0.3 is 0 Å². The van der Waals surface area contributed by atoms with Crippen LogP contribution in [0, 0.1) is 12.8 Å². The van der Waals surface area contributed by atoms with Crippen molar-refractivity contribution in [3.05, 3.63) is 41.6 Å². The van der Waals surface area contributed by atoms with E-state index in [-0.39, 0.29) is 0 Å². The Bertz CT molecular complexity index is 608. The van der Waals surface area contributed by atoms with E-state index >= 15 is 0 Å². The average Bonchev–Trinajstić information content (AvgIpc) is 2.47. The van der Waals surface area contributed by atoms with Crippen LogP contribution in [-0.2, 0) is 6.42 Å². The third-order valence-corrected chi connectivity index (χ3v) is 3.52. The molecule has 0 atom stereocenters. The minimum absolute atomic E-state index is 0.673. The van der Waals surface area contributed by atoms with E-state index < -0.39 is 0 Å². The molecule has 0 radical (unpaired) electrons. The third kappa shape index (κ3) is 4.72. The smallest absolute Gasteiger partial charge is 0.224 e. The Balaban J connectivity index is 2.12. The number of rotatable bonds is 7. The summed E-state index contributed by atoms with van der Waals surface area (Å²) in [7, 11) is 0. The number of benzene rings is 1. The maximum atomic E-state index is 4.57. The molecule has 0 saturated heterocycles. The molecule has 1 aromatic heterocycles. The lowest BCUT2D eigenvalue weighted by Crippen LogP contribution is -2.09. The van der Waals surface area contributed by atoms with Crippen LogP contribution in [-0.4, -0.2) is 16.5 Å². The molecule has 1 heterocycles. The molecular formula is C18H26N4. The lowest BCUT2D eigenvalue weighted by Gasteiger charge is -2.12. The predicted octanol–water partition coefficient (Wildman–Crippen LogP) is 4.55. The van der Waals surface area contributed by atoms with Crippen LogP contribution in [0.25, 0.3) is 0 Å². The number of nitrogens with zero attached hydrogens (tertiary/aromatic N) is 2. The first-order valence-corrected chi connectivity index (χ1v) is 8.03. The number of aromatic nitrogens is 2. The standard InChI is InChI=1S/C18H26N4/c1-5-15-8-6-7-9-16(15)21-17-12-14(4)20-18(22-17)19-11-10-13(2)3/h6-9,12-13H,5,10-11H2,1-4H3,(H2,19,20,21,22). The number of anilines is 3. The van der Waals surface area contributed by atoms with E-state index in [2.05, 4.69) is 59.6 Å². The van der Waals surface area contributed by atoms with Crippen LogP contribution < -0.4 is 10.6 Å². The van der Waals surface area contributed by atoms with Crippen molar-refractivity contribution in [3.8, 4) is 0 Å². The Morgan fingerprint density at radius 2 is 1.91 bits per heavy atom. The second kappa shape index (κ2) is 7.78. The third-order valence-electron chi connectivity index (χ3n) is 3.52. The Labute approximate surface area is 133 Å². The van der Waals surface area contributed by atoms with Gasteiger partial charge in [0.15, 0.2) is 0 Å². The fourth-order valence-corrected chi connectivity index (χ4v) is 2.27. The molecule has 2 aromatic rings. The summed E-state index contributed by atoms with van der Waals surface area (Å²) >= 11 is 0. The highest BCUT2D eigenvalue weighted by atomic mass is 15.1. The molecule has 0 unspecified atom stereocenters. The number of hydrogen-bond donors (Lipinski definition) is 2. The zero-order valence-electron chi connectivity index (χ0n) is 14.0. The van der Waals surface area contributed by atoms with E-state index in [1.165, 1.54) is 5.56 Å².